The largest absolute Gasteiger partial charge is 0.444 e. The van der Waals surface area contributed by atoms with Gasteiger partial charge in [-0.25, -0.2) is 9.78 Å². The van der Waals surface area contributed by atoms with E-state index >= 15 is 0 Å². The molecule has 2 aromatic rings. The number of benzene rings is 1. The summed E-state index contributed by atoms with van der Waals surface area (Å²) in [5.41, 5.74) is 2.50. The van der Waals surface area contributed by atoms with Gasteiger partial charge in [-0.15, -0.1) is 0 Å². The number of fused-ring (bicyclic) bond motifs is 1. The molecule has 4 rings (SSSR count). The third kappa shape index (κ3) is 4.58. The first-order valence-electron chi connectivity index (χ1n) is 10.3. The van der Waals surface area contributed by atoms with Crippen LogP contribution in [0.3, 0.4) is 0 Å². The molecule has 0 radical (unpaired) electrons. The summed E-state index contributed by atoms with van der Waals surface area (Å²) in [5.74, 6) is 1.47. The number of guanidine groups is 1. The Morgan fingerprint density at radius 1 is 1.27 bits per heavy atom. The molecule has 1 saturated heterocycles. The van der Waals surface area contributed by atoms with Gasteiger partial charge in [0.15, 0.2) is 5.96 Å². The summed E-state index contributed by atoms with van der Waals surface area (Å²) in [7, 11) is 0. The van der Waals surface area contributed by atoms with E-state index in [-0.39, 0.29) is 12.1 Å². The molecule has 1 fully saturated rings. The first-order valence-corrected chi connectivity index (χ1v) is 10.3. The molecule has 1 unspecified atom stereocenters. The minimum atomic E-state index is -0.484. The van der Waals surface area contributed by atoms with Gasteiger partial charge >= 0.3 is 6.09 Å². The van der Waals surface area contributed by atoms with E-state index in [0.717, 1.165) is 23.8 Å². The van der Waals surface area contributed by atoms with Gasteiger partial charge in [-0.05, 0) is 39.8 Å². The topological polar surface area (TPSA) is 83.2 Å². The van der Waals surface area contributed by atoms with Gasteiger partial charge in [0.2, 0.25) is 5.89 Å². The third-order valence-electron chi connectivity index (χ3n) is 5.14. The van der Waals surface area contributed by atoms with E-state index in [1.807, 2.05) is 45.0 Å². The highest BCUT2D eigenvalue weighted by Gasteiger charge is 2.36. The quantitative estimate of drug-likeness (QED) is 0.836. The molecule has 1 atom stereocenters. The number of nitrogens with one attached hydrogen (secondary N) is 1. The first-order chi connectivity index (χ1) is 14.3. The second-order valence-electron chi connectivity index (χ2n) is 8.80. The predicted molar refractivity (Wildman–Crippen MR) is 114 cm³/mol. The summed E-state index contributed by atoms with van der Waals surface area (Å²) >= 11 is 0. The predicted octanol–water partition coefficient (Wildman–Crippen LogP) is 3.03. The van der Waals surface area contributed by atoms with E-state index < -0.39 is 5.60 Å². The van der Waals surface area contributed by atoms with Crippen LogP contribution in [0.5, 0.6) is 0 Å². The highest BCUT2D eigenvalue weighted by atomic mass is 16.6. The molecule has 1 N–H and O–H groups in total. The van der Waals surface area contributed by atoms with Crippen molar-refractivity contribution in [2.75, 3.05) is 26.2 Å². The normalized spacial score (nSPS) is 18.8. The van der Waals surface area contributed by atoms with Crippen molar-refractivity contribution in [3.63, 3.8) is 0 Å². The Balaban J connectivity index is 1.30. The fraction of sp³-hybridized carbons (Fsp3) is 0.500. The maximum atomic E-state index is 12.3. The van der Waals surface area contributed by atoms with Gasteiger partial charge in [0, 0.05) is 25.2 Å². The number of piperazine rings is 1. The first kappa shape index (κ1) is 20.3. The van der Waals surface area contributed by atoms with E-state index in [0.29, 0.717) is 32.1 Å². The second kappa shape index (κ2) is 8.01. The molecule has 2 aliphatic rings. The average Bonchev–Trinajstić information content (AvgIpc) is 3.32. The lowest BCUT2D eigenvalue weighted by Gasteiger charge is -2.39. The lowest BCUT2D eigenvalue weighted by Crippen LogP contribution is -2.57. The standard InChI is InChI=1S/C22H29N5O3/c1-15-5-7-16(8-6-15)19-25-17(14-29-19)11-23-20-24-12-18-13-26(9-10-27(18)20)21(28)30-22(2,3)4/h5-8,14,18H,9-13H2,1-4H3,(H,23,24). The van der Waals surface area contributed by atoms with E-state index in [1.54, 1.807) is 11.2 Å². The van der Waals surface area contributed by atoms with Gasteiger partial charge in [0.1, 0.15) is 11.9 Å². The molecule has 3 heterocycles. The van der Waals surface area contributed by atoms with Crippen molar-refractivity contribution >= 4 is 12.1 Å². The van der Waals surface area contributed by atoms with Gasteiger partial charge in [0.25, 0.3) is 0 Å². The number of hydrogen-bond acceptors (Lipinski definition) is 7. The van der Waals surface area contributed by atoms with E-state index in [1.165, 1.54) is 5.56 Å². The molecule has 0 bridgehead atoms. The Labute approximate surface area is 176 Å². The lowest BCUT2D eigenvalue weighted by atomic mass is 10.1. The van der Waals surface area contributed by atoms with Gasteiger partial charge in [0.05, 0.1) is 24.8 Å². The Bertz CT molecular complexity index is 929. The summed E-state index contributed by atoms with van der Waals surface area (Å²) in [6.45, 7) is 10.9. The number of aryl methyl sites for hydroxylation is 1. The molecule has 0 aliphatic carbocycles. The van der Waals surface area contributed by atoms with Crippen molar-refractivity contribution in [2.24, 2.45) is 4.99 Å². The molecule has 1 aromatic heterocycles. The number of oxazole rings is 1. The molecule has 8 heteroatoms. The Morgan fingerprint density at radius 3 is 2.77 bits per heavy atom. The highest BCUT2D eigenvalue weighted by Crippen LogP contribution is 2.21. The van der Waals surface area contributed by atoms with E-state index in [2.05, 4.69) is 27.1 Å². The number of amides is 1. The van der Waals surface area contributed by atoms with Crippen molar-refractivity contribution in [2.45, 2.75) is 45.9 Å². The van der Waals surface area contributed by atoms with Gasteiger partial charge in [-0.3, -0.25) is 4.99 Å². The summed E-state index contributed by atoms with van der Waals surface area (Å²) in [4.78, 5) is 25.5. The average molecular weight is 412 g/mol. The van der Waals surface area contributed by atoms with Crippen molar-refractivity contribution < 1.29 is 13.9 Å². The van der Waals surface area contributed by atoms with Crippen LogP contribution in [0.15, 0.2) is 39.9 Å². The maximum absolute atomic E-state index is 12.3. The van der Waals surface area contributed by atoms with Crippen LogP contribution in [-0.4, -0.2) is 64.7 Å². The summed E-state index contributed by atoms with van der Waals surface area (Å²) in [6.07, 6.45) is 1.42. The van der Waals surface area contributed by atoms with E-state index in [4.69, 9.17) is 9.15 Å². The zero-order chi connectivity index (χ0) is 21.3. The van der Waals surface area contributed by atoms with Crippen LogP contribution in [0, 0.1) is 6.92 Å². The monoisotopic (exact) mass is 411 g/mol. The number of ether oxygens (including phenoxy) is 1. The SMILES string of the molecule is Cc1ccc(-c2nc(CNC3=NCC4CN(C(=O)OC(C)(C)C)CCN34)co2)cc1. The molecule has 0 saturated carbocycles. The summed E-state index contributed by atoms with van der Waals surface area (Å²) < 4.78 is 11.1. The van der Waals surface area contributed by atoms with Crippen LogP contribution in [0.1, 0.15) is 32.0 Å². The van der Waals surface area contributed by atoms with Crippen LogP contribution in [-0.2, 0) is 11.3 Å². The number of nitrogens with zero attached hydrogens (tertiary/aromatic N) is 4. The van der Waals surface area contributed by atoms with Crippen LogP contribution >= 0.6 is 0 Å². The fourth-order valence-electron chi connectivity index (χ4n) is 3.61. The zero-order valence-corrected chi connectivity index (χ0v) is 18.0. The van der Waals surface area contributed by atoms with Crippen molar-refractivity contribution in [3.05, 3.63) is 41.8 Å². The Morgan fingerprint density at radius 2 is 2.03 bits per heavy atom. The number of hydrogen-bond donors (Lipinski definition) is 1. The fourth-order valence-corrected chi connectivity index (χ4v) is 3.61. The Hall–Kier alpha value is -3.03. The molecular formula is C22H29N5O3. The molecule has 8 nitrogen and oxygen atoms in total. The summed E-state index contributed by atoms with van der Waals surface area (Å²) in [6, 6.07) is 8.28. The molecule has 30 heavy (non-hydrogen) atoms. The van der Waals surface area contributed by atoms with Crippen molar-refractivity contribution in [1.82, 2.24) is 20.1 Å². The van der Waals surface area contributed by atoms with Crippen LogP contribution in [0.2, 0.25) is 0 Å². The zero-order valence-electron chi connectivity index (χ0n) is 18.0. The lowest BCUT2D eigenvalue weighted by molar-refractivity contribution is 0.0137. The molecule has 2 aliphatic heterocycles. The number of carbonyl (C=O) groups is 1. The van der Waals surface area contributed by atoms with Crippen LogP contribution in [0.4, 0.5) is 4.79 Å². The smallest absolute Gasteiger partial charge is 0.410 e. The maximum Gasteiger partial charge on any atom is 0.410 e. The molecule has 1 amide bonds. The minimum absolute atomic E-state index is 0.175. The number of rotatable bonds is 3. The van der Waals surface area contributed by atoms with Crippen LogP contribution in [0.25, 0.3) is 11.5 Å². The van der Waals surface area contributed by atoms with Gasteiger partial charge in [-0.1, -0.05) is 17.7 Å². The third-order valence-corrected chi connectivity index (χ3v) is 5.14. The molecule has 1 aromatic carbocycles. The highest BCUT2D eigenvalue weighted by molar-refractivity contribution is 5.82. The van der Waals surface area contributed by atoms with Gasteiger partial charge in [-0.2, -0.15) is 0 Å². The molecular weight excluding hydrogens is 382 g/mol. The number of carbonyl (C=O) groups excluding carboxylic acids is 1. The van der Waals surface area contributed by atoms with Crippen molar-refractivity contribution in [1.29, 1.82) is 0 Å². The Kier molecular flexibility index (Phi) is 5.40. The number of aliphatic imine (C=N–C) groups is 1. The minimum Gasteiger partial charge on any atom is -0.444 e. The second-order valence-corrected chi connectivity index (χ2v) is 8.80. The number of aromatic nitrogens is 1. The van der Waals surface area contributed by atoms with Gasteiger partial charge < -0.3 is 24.3 Å². The summed E-state index contributed by atoms with van der Waals surface area (Å²) in [5, 5.41) is 3.37. The van der Waals surface area contributed by atoms with E-state index in [9.17, 15) is 4.79 Å². The molecule has 0 spiro atoms. The van der Waals surface area contributed by atoms with Crippen molar-refractivity contribution in [3.8, 4) is 11.5 Å². The van der Waals surface area contributed by atoms with Crippen LogP contribution < -0.4 is 5.32 Å². The molecule has 160 valence electrons.